The smallest absolute Gasteiger partial charge is 0.187 e. The Hall–Kier alpha value is -1.44. The van der Waals surface area contributed by atoms with Gasteiger partial charge in [-0.25, -0.2) is 0 Å². The molecule has 0 aromatic heterocycles. The summed E-state index contributed by atoms with van der Waals surface area (Å²) in [6.45, 7) is 10.4. The van der Waals surface area contributed by atoms with Crippen molar-refractivity contribution in [3.63, 3.8) is 0 Å². The normalized spacial score (nSPS) is 53.8. The topological polar surface area (TPSA) is 377 Å². The average molecular weight is 1110 g/mol. The van der Waals surface area contributed by atoms with Crippen LogP contribution in [0.4, 0.5) is 0 Å². The second-order valence-corrected chi connectivity index (χ2v) is 25.8. The molecule has 7 fully saturated rings. The fraction of sp³-hybridized carbons (Fsp3) is 0.926. The lowest BCUT2D eigenvalue weighted by Crippen LogP contribution is -2.67. The van der Waals surface area contributed by atoms with Crippen LogP contribution < -0.4 is 0 Å². The van der Waals surface area contributed by atoms with E-state index >= 15 is 0 Å². The number of aliphatic hydroxyl groups excluding tert-OH is 15. The van der Waals surface area contributed by atoms with Crippen molar-refractivity contribution in [1.29, 1.82) is 0 Å². The van der Waals surface area contributed by atoms with Crippen molar-refractivity contribution >= 4 is 0 Å². The van der Waals surface area contributed by atoms with Crippen molar-refractivity contribution in [2.75, 3.05) is 39.6 Å². The number of ether oxygens (including phenoxy) is 8. The van der Waals surface area contributed by atoms with Crippen molar-refractivity contribution in [3.8, 4) is 0 Å². The minimum absolute atomic E-state index is 0.0837. The summed E-state index contributed by atoms with van der Waals surface area (Å²) >= 11 is 0. The van der Waals surface area contributed by atoms with E-state index in [4.69, 9.17) is 37.9 Å². The second kappa shape index (κ2) is 22.3. The van der Waals surface area contributed by atoms with E-state index < -0.39 is 161 Å². The highest BCUT2D eigenvalue weighted by molar-refractivity contribution is 5.46. The summed E-state index contributed by atoms with van der Waals surface area (Å²) in [5, 5.41) is 162. The Morgan fingerprint density at radius 3 is 1.56 bits per heavy atom. The molecule has 0 spiro atoms. The predicted molar refractivity (Wildman–Crippen MR) is 264 cm³/mol. The third kappa shape index (κ3) is 9.96. The molecule has 15 N–H and O–H groups in total. The summed E-state index contributed by atoms with van der Waals surface area (Å²) in [5.41, 5.74) is 0.943. The maximum atomic E-state index is 12.0. The molecular formula is C54H88O23. The van der Waals surface area contributed by atoms with Crippen molar-refractivity contribution in [3.05, 3.63) is 23.3 Å². The first-order valence-electron chi connectivity index (χ1n) is 27.7. The standard InChI is InChI=1S/C54H88O23/c1-49(2)13-15-54(23-59)16-14-52(5)24(25(54)17-49)7-8-31-50(3)11-10-32(51(4,22-58)30(50)9-12-53(31,52)6)75-48-44(77-46-42(69)38(65)34(61)27(19-56)72-46)40(67)36(63)29(74-48)21-70-47-43(39(66)35(62)28(20-57)73-47)76-45-41(68)37(64)33(60)26(18-55)71-45/h7-8,26-48,55-69H,9-23H2,1-6H3. The number of hydrogen-bond donors (Lipinski definition) is 15. The molecule has 77 heavy (non-hydrogen) atoms. The first-order chi connectivity index (χ1) is 36.2. The van der Waals surface area contributed by atoms with Gasteiger partial charge in [-0.3, -0.25) is 0 Å². The van der Waals surface area contributed by atoms with Crippen LogP contribution in [0.5, 0.6) is 0 Å². The molecule has 0 aromatic carbocycles. The molecular weight excluding hydrogens is 1020 g/mol. The van der Waals surface area contributed by atoms with E-state index in [1.807, 2.05) is 6.92 Å². The first kappa shape index (κ1) is 60.2. The predicted octanol–water partition coefficient (Wildman–Crippen LogP) is -2.67. The van der Waals surface area contributed by atoms with Gasteiger partial charge in [-0.1, -0.05) is 59.3 Å². The fourth-order valence-corrected chi connectivity index (χ4v) is 15.8. The molecule has 23 nitrogen and oxygen atoms in total. The van der Waals surface area contributed by atoms with Gasteiger partial charge in [-0.05, 0) is 96.9 Å². The largest absolute Gasteiger partial charge is 0.396 e. The lowest BCUT2D eigenvalue weighted by Gasteiger charge is -2.70. The highest BCUT2D eigenvalue weighted by atomic mass is 16.8. The zero-order valence-electron chi connectivity index (χ0n) is 45.0. The Kier molecular flexibility index (Phi) is 17.4. The lowest BCUT2D eigenvalue weighted by atomic mass is 9.35. The van der Waals surface area contributed by atoms with Gasteiger partial charge < -0.3 is 114 Å². The molecule has 0 radical (unpaired) electrons. The Morgan fingerprint density at radius 2 is 1.01 bits per heavy atom. The van der Waals surface area contributed by atoms with Crippen LogP contribution in [0, 0.1) is 44.3 Å². The van der Waals surface area contributed by atoms with Crippen LogP contribution in [0.1, 0.15) is 99.3 Å². The van der Waals surface area contributed by atoms with Crippen LogP contribution >= 0.6 is 0 Å². The summed E-state index contributed by atoms with van der Waals surface area (Å²) in [6.07, 6.45) is -24.0. The zero-order valence-corrected chi connectivity index (χ0v) is 45.0. The van der Waals surface area contributed by atoms with E-state index in [9.17, 15) is 76.6 Å². The number of rotatable bonds is 14. The Bertz CT molecular complexity index is 2110. The van der Waals surface area contributed by atoms with Crippen molar-refractivity contribution in [1.82, 2.24) is 0 Å². The van der Waals surface area contributed by atoms with Gasteiger partial charge in [0.2, 0.25) is 0 Å². The molecule has 4 heterocycles. The van der Waals surface area contributed by atoms with Gasteiger partial charge in [0.1, 0.15) is 97.7 Å². The molecule has 5 aliphatic carbocycles. The summed E-state index contributed by atoms with van der Waals surface area (Å²) < 4.78 is 48.3. The molecule has 9 rings (SSSR count). The Labute approximate surface area is 448 Å². The van der Waals surface area contributed by atoms with Crippen LogP contribution in [0.2, 0.25) is 0 Å². The molecule has 0 amide bonds. The van der Waals surface area contributed by atoms with Crippen molar-refractivity contribution < 1.29 is 114 Å². The Morgan fingerprint density at radius 1 is 0.506 bits per heavy atom. The third-order valence-corrected chi connectivity index (χ3v) is 21.1. The number of aliphatic hydroxyl groups is 15. The van der Waals surface area contributed by atoms with Crippen molar-refractivity contribution in [2.45, 2.75) is 228 Å². The van der Waals surface area contributed by atoms with Gasteiger partial charge in [-0.15, -0.1) is 0 Å². The van der Waals surface area contributed by atoms with Crippen molar-refractivity contribution in [2.24, 2.45) is 44.3 Å². The van der Waals surface area contributed by atoms with Crippen LogP contribution in [-0.2, 0) is 37.9 Å². The SMILES string of the molecule is CC1(C)CCC2(CO)CCC3(C)C(=C2C1)C=CC1C2(C)CCC(OC4OC(COC5OC(CO)C(O)C(O)C5OC5OC(CO)C(O)C(O)C5O)C(O)C(O)C4OC4OC(CO)C(O)C(O)C4O)C(C)(CO)C2CCC13C. The summed E-state index contributed by atoms with van der Waals surface area (Å²) in [4.78, 5) is 0. The molecule has 9 aliphatic rings. The highest BCUT2D eigenvalue weighted by Gasteiger charge is 2.68. The maximum Gasteiger partial charge on any atom is 0.187 e. The summed E-state index contributed by atoms with van der Waals surface area (Å²) in [6, 6.07) is 0. The van der Waals surface area contributed by atoms with Gasteiger partial charge in [0.25, 0.3) is 0 Å². The number of allylic oxidation sites excluding steroid dienone is 3. The van der Waals surface area contributed by atoms with Crippen LogP contribution in [0.3, 0.4) is 0 Å². The van der Waals surface area contributed by atoms with E-state index in [1.54, 1.807) is 0 Å². The number of hydrogen-bond acceptors (Lipinski definition) is 23. The van der Waals surface area contributed by atoms with E-state index in [-0.39, 0.29) is 52.1 Å². The van der Waals surface area contributed by atoms with Gasteiger partial charge in [-0.2, -0.15) is 0 Å². The Balaban J connectivity index is 0.997. The van der Waals surface area contributed by atoms with Gasteiger partial charge >= 0.3 is 0 Å². The highest BCUT2D eigenvalue weighted by Crippen LogP contribution is 2.74. The first-order valence-corrected chi connectivity index (χ1v) is 27.7. The fourth-order valence-electron chi connectivity index (χ4n) is 15.8. The van der Waals surface area contributed by atoms with Gasteiger partial charge in [0.05, 0.1) is 45.7 Å². The minimum atomic E-state index is -1.96. The van der Waals surface area contributed by atoms with Crippen LogP contribution in [0.25, 0.3) is 0 Å². The third-order valence-electron chi connectivity index (χ3n) is 21.1. The molecule has 28 atom stereocenters. The zero-order chi connectivity index (χ0) is 56.1. The van der Waals surface area contributed by atoms with Crippen LogP contribution in [0.15, 0.2) is 23.3 Å². The van der Waals surface area contributed by atoms with Gasteiger partial charge in [0, 0.05) is 10.8 Å². The van der Waals surface area contributed by atoms with E-state index in [2.05, 4.69) is 46.8 Å². The molecule has 4 aliphatic heterocycles. The monoisotopic (exact) mass is 1100 g/mol. The summed E-state index contributed by atoms with van der Waals surface area (Å²) in [7, 11) is 0. The molecule has 442 valence electrons. The maximum absolute atomic E-state index is 12.0. The molecule has 4 saturated heterocycles. The van der Waals surface area contributed by atoms with E-state index in [1.165, 1.54) is 11.1 Å². The van der Waals surface area contributed by atoms with Crippen LogP contribution in [-0.4, -0.2) is 245 Å². The molecule has 28 unspecified atom stereocenters. The minimum Gasteiger partial charge on any atom is -0.396 e. The lowest BCUT2D eigenvalue weighted by molar-refractivity contribution is -0.388. The second-order valence-electron chi connectivity index (χ2n) is 25.8. The quantitative estimate of drug-likeness (QED) is 0.0789. The molecule has 3 saturated carbocycles. The average Bonchev–Trinajstić information content (AvgIpc) is 3.58. The molecule has 23 heteroatoms. The van der Waals surface area contributed by atoms with Gasteiger partial charge in [0.15, 0.2) is 25.2 Å². The molecule has 0 aromatic rings. The van der Waals surface area contributed by atoms with E-state index in [0.29, 0.717) is 12.8 Å². The van der Waals surface area contributed by atoms with E-state index in [0.717, 1.165) is 44.9 Å². The summed E-state index contributed by atoms with van der Waals surface area (Å²) in [5.74, 6) is -0.0539. The number of fused-ring (bicyclic) bond motifs is 6. The molecule has 0 bridgehead atoms.